The highest BCUT2D eigenvalue weighted by molar-refractivity contribution is 7.81. The Kier molecular flexibility index (Phi) is 2.60. The summed E-state index contributed by atoms with van der Waals surface area (Å²) in [7, 11) is -4.87. The molecule has 0 aromatic heterocycles. The number of hydrogen-bond acceptors (Lipinski definition) is 6. The molecule has 0 unspecified atom stereocenters. The molecular weight excluding hydrogens is 166 g/mol. The molecule has 8 heteroatoms. The second-order valence-corrected chi connectivity index (χ2v) is 1.98. The molecule has 7 nitrogen and oxygen atoms in total. The minimum absolute atomic E-state index is 0.840. The second kappa shape index (κ2) is 3.00. The van der Waals surface area contributed by atoms with Crippen LogP contribution in [0.1, 0.15) is 0 Å². The Morgan fingerprint density at radius 2 is 2.10 bits per heavy atom. The zero-order valence-corrected chi connectivity index (χ0v) is 5.16. The number of hydrogen-bond donors (Lipinski definition) is 1. The van der Waals surface area contributed by atoms with Gasteiger partial charge in [0.05, 0.1) is 0 Å². The van der Waals surface area contributed by atoms with Crippen molar-refractivity contribution in [2.75, 3.05) is 0 Å². The summed E-state index contributed by atoms with van der Waals surface area (Å²) in [6.07, 6.45) is -0.961. The summed E-state index contributed by atoms with van der Waals surface area (Å²) < 4.78 is 33.5. The fraction of sp³-hybridized carbons (Fsp3) is 0. The van der Waals surface area contributed by atoms with Crippen LogP contribution >= 0.6 is 0 Å². The predicted octanol–water partition coefficient (Wildman–Crippen LogP) is -0.577. The molecule has 0 atom stereocenters. The van der Waals surface area contributed by atoms with E-state index in [1.165, 1.54) is 0 Å². The third kappa shape index (κ3) is 4.82. The van der Waals surface area contributed by atoms with Crippen LogP contribution in [0.4, 0.5) is 4.79 Å². The number of ether oxygens (including phenoxy) is 1. The molecule has 0 radical (unpaired) electrons. The van der Waals surface area contributed by atoms with E-state index in [1.54, 1.807) is 0 Å². The smallest absolute Gasteiger partial charge is 0.317 e. The van der Waals surface area contributed by atoms with E-state index in [-0.39, 0.29) is 0 Å². The van der Waals surface area contributed by atoms with Crippen molar-refractivity contribution in [3.05, 3.63) is 0 Å². The van der Waals surface area contributed by atoms with Crippen LogP contribution in [0.15, 0.2) is 0 Å². The minimum atomic E-state index is -4.87. The standard InChI is InChI=1S/C2HNO6S/c3-1-8-2(4)9-10(5,6)7/h(H,5,6,7). The minimum Gasteiger partial charge on any atom is -0.317 e. The van der Waals surface area contributed by atoms with Crippen LogP contribution in [0.3, 0.4) is 0 Å². The molecule has 0 saturated carbocycles. The topological polar surface area (TPSA) is 114 Å². The zero-order chi connectivity index (χ0) is 8.20. The monoisotopic (exact) mass is 167 g/mol. The molecule has 0 spiro atoms. The molecule has 56 valence electrons. The van der Waals surface area contributed by atoms with Crippen LogP contribution in [0, 0.1) is 11.5 Å². The fourth-order valence-electron chi connectivity index (χ4n) is 0.140. The summed E-state index contributed by atoms with van der Waals surface area (Å²) in [5.41, 5.74) is 0. The SMILES string of the molecule is N#COC(=O)OS(=O)(=O)O. The first-order chi connectivity index (χ1) is 4.45. The molecule has 0 aromatic rings. The molecule has 0 bridgehead atoms. The van der Waals surface area contributed by atoms with Gasteiger partial charge >= 0.3 is 16.6 Å². The van der Waals surface area contributed by atoms with Crippen LogP contribution in [-0.4, -0.2) is 19.1 Å². The van der Waals surface area contributed by atoms with Gasteiger partial charge < -0.3 is 4.74 Å². The third-order valence-electron chi connectivity index (χ3n) is 0.302. The third-order valence-corrected chi connectivity index (χ3v) is 0.649. The number of nitriles is 1. The Bertz CT molecular complexity index is 258. The summed E-state index contributed by atoms with van der Waals surface area (Å²) in [5, 5.41) is 7.58. The Hall–Kier alpha value is -1.33. The molecular formula is C2HNO6S. The van der Waals surface area contributed by atoms with Crippen LogP contribution in [0.2, 0.25) is 0 Å². The van der Waals surface area contributed by atoms with Gasteiger partial charge in [0.1, 0.15) is 0 Å². The van der Waals surface area contributed by atoms with Gasteiger partial charge in [-0.3, -0.25) is 8.74 Å². The molecule has 0 aliphatic heterocycles. The lowest BCUT2D eigenvalue weighted by Crippen LogP contribution is -2.10. The molecule has 0 aliphatic carbocycles. The van der Waals surface area contributed by atoms with Crippen molar-refractivity contribution in [1.82, 2.24) is 0 Å². The molecule has 0 aliphatic rings. The molecule has 0 heterocycles. The number of nitrogens with zero attached hydrogens (tertiary/aromatic N) is 1. The van der Waals surface area contributed by atoms with Crippen molar-refractivity contribution in [3.63, 3.8) is 0 Å². The fourth-order valence-corrected chi connectivity index (χ4v) is 0.346. The summed E-state index contributed by atoms with van der Waals surface area (Å²) >= 11 is 0. The average Bonchev–Trinajstić information content (AvgIpc) is 1.59. The highest BCUT2D eigenvalue weighted by Gasteiger charge is 2.13. The van der Waals surface area contributed by atoms with Gasteiger partial charge in [0.25, 0.3) is 6.26 Å². The molecule has 1 N–H and O–H groups in total. The molecule has 0 aromatic carbocycles. The number of rotatable bonds is 1. The highest BCUT2D eigenvalue weighted by atomic mass is 32.3. The summed E-state index contributed by atoms with van der Waals surface area (Å²) in [4.78, 5) is 9.85. The number of carbonyl (C=O) groups is 1. The maximum Gasteiger partial charge on any atom is 0.541 e. The lowest BCUT2D eigenvalue weighted by molar-refractivity contribution is 0.137. The van der Waals surface area contributed by atoms with Crippen molar-refractivity contribution >= 4 is 16.6 Å². The van der Waals surface area contributed by atoms with Gasteiger partial charge in [-0.05, 0) is 0 Å². The summed E-state index contributed by atoms with van der Waals surface area (Å²) in [6.45, 7) is 0. The van der Waals surface area contributed by atoms with Crippen LogP contribution in [-0.2, 0) is 19.3 Å². The second-order valence-electron chi connectivity index (χ2n) is 0.954. The quantitative estimate of drug-likeness (QED) is 0.315. The number of carbonyl (C=O) groups excluding carboxylic acids is 1. The zero-order valence-electron chi connectivity index (χ0n) is 4.34. The van der Waals surface area contributed by atoms with Crippen molar-refractivity contribution in [1.29, 1.82) is 5.26 Å². The van der Waals surface area contributed by atoms with E-state index in [2.05, 4.69) is 8.92 Å². The van der Waals surface area contributed by atoms with Gasteiger partial charge in [0.2, 0.25) is 0 Å². The Morgan fingerprint density at radius 1 is 1.60 bits per heavy atom. The van der Waals surface area contributed by atoms with Gasteiger partial charge in [-0.25, -0.2) is 4.79 Å². The largest absolute Gasteiger partial charge is 0.541 e. The van der Waals surface area contributed by atoms with Crippen molar-refractivity contribution in [2.45, 2.75) is 0 Å². The first kappa shape index (κ1) is 8.67. The Labute approximate surface area is 55.7 Å². The van der Waals surface area contributed by atoms with Crippen molar-refractivity contribution in [3.8, 4) is 6.26 Å². The predicted molar refractivity (Wildman–Crippen MR) is 24.7 cm³/mol. The average molecular weight is 167 g/mol. The normalized spacial score (nSPS) is 9.60. The molecule has 0 saturated heterocycles. The molecule has 0 amide bonds. The van der Waals surface area contributed by atoms with E-state index in [0.717, 1.165) is 6.26 Å². The van der Waals surface area contributed by atoms with Gasteiger partial charge in [-0.15, -0.1) is 5.26 Å². The maximum absolute atomic E-state index is 9.85. The molecule has 10 heavy (non-hydrogen) atoms. The van der Waals surface area contributed by atoms with Crippen molar-refractivity contribution in [2.24, 2.45) is 0 Å². The molecule has 0 fully saturated rings. The highest BCUT2D eigenvalue weighted by Crippen LogP contribution is 1.89. The summed E-state index contributed by atoms with van der Waals surface area (Å²) in [5.74, 6) is 0. The van der Waals surface area contributed by atoms with E-state index >= 15 is 0 Å². The lowest BCUT2D eigenvalue weighted by Gasteiger charge is -1.92. The van der Waals surface area contributed by atoms with Crippen molar-refractivity contribution < 1.29 is 26.7 Å². The lowest BCUT2D eigenvalue weighted by atomic mass is 11.3. The van der Waals surface area contributed by atoms with Gasteiger partial charge in [0.15, 0.2) is 0 Å². The van der Waals surface area contributed by atoms with E-state index < -0.39 is 16.6 Å². The van der Waals surface area contributed by atoms with E-state index in [4.69, 9.17) is 9.81 Å². The van der Waals surface area contributed by atoms with Crippen LogP contribution < -0.4 is 0 Å². The van der Waals surface area contributed by atoms with E-state index in [9.17, 15) is 13.2 Å². The van der Waals surface area contributed by atoms with E-state index in [1.807, 2.05) is 0 Å². The van der Waals surface area contributed by atoms with Crippen LogP contribution in [0.5, 0.6) is 0 Å². The summed E-state index contributed by atoms with van der Waals surface area (Å²) in [6, 6.07) is 0. The first-order valence-electron chi connectivity index (χ1n) is 1.72. The molecule has 0 rings (SSSR count). The van der Waals surface area contributed by atoms with Gasteiger partial charge in [0, 0.05) is 0 Å². The van der Waals surface area contributed by atoms with E-state index in [0.29, 0.717) is 0 Å². The maximum atomic E-state index is 9.85. The first-order valence-corrected chi connectivity index (χ1v) is 3.09. The van der Waals surface area contributed by atoms with Crippen LogP contribution in [0.25, 0.3) is 0 Å². The van der Waals surface area contributed by atoms with Gasteiger partial charge in [-0.1, -0.05) is 0 Å². The Morgan fingerprint density at radius 3 is 2.40 bits per heavy atom. The Balaban J connectivity index is 3.97. The van der Waals surface area contributed by atoms with Gasteiger partial charge in [-0.2, -0.15) is 8.42 Å².